The number of hydrogen-bond donors (Lipinski definition) is 1. The Balaban J connectivity index is 1.54. The Labute approximate surface area is 146 Å². The molecule has 0 spiro atoms. The Morgan fingerprint density at radius 3 is 2.44 bits per heavy atom. The van der Waals surface area contributed by atoms with E-state index in [9.17, 15) is 9.59 Å². The van der Waals surface area contributed by atoms with Gasteiger partial charge in [-0.3, -0.25) is 9.78 Å². The van der Waals surface area contributed by atoms with E-state index >= 15 is 0 Å². The fraction of sp³-hybridized carbons (Fsp3) is 0.389. The molecule has 2 aromatic rings. The maximum absolute atomic E-state index is 12.5. The average molecular weight is 342 g/mol. The smallest absolute Gasteiger partial charge is 0.318 e. The lowest BCUT2D eigenvalue weighted by atomic mass is 10.1. The van der Waals surface area contributed by atoms with Gasteiger partial charge >= 0.3 is 6.03 Å². The van der Waals surface area contributed by atoms with E-state index in [-0.39, 0.29) is 18.0 Å². The maximum Gasteiger partial charge on any atom is 0.318 e. The average Bonchev–Trinajstić information content (AvgIpc) is 3.21. The third-order valence-electron chi connectivity index (χ3n) is 4.40. The van der Waals surface area contributed by atoms with Crippen molar-refractivity contribution in [1.29, 1.82) is 0 Å². The molecule has 2 aromatic heterocycles. The van der Waals surface area contributed by atoms with E-state index < -0.39 is 0 Å². The van der Waals surface area contributed by atoms with Crippen LogP contribution in [0, 0.1) is 0 Å². The fourth-order valence-electron chi connectivity index (χ4n) is 2.93. The Kier molecular flexibility index (Phi) is 5.33. The Bertz CT molecular complexity index is 694. The van der Waals surface area contributed by atoms with Gasteiger partial charge in [-0.1, -0.05) is 6.92 Å². The number of pyridine rings is 1. The predicted molar refractivity (Wildman–Crippen MR) is 92.0 cm³/mol. The van der Waals surface area contributed by atoms with E-state index in [2.05, 4.69) is 10.3 Å². The minimum Gasteiger partial charge on any atom is -0.459 e. The highest BCUT2D eigenvalue weighted by Crippen LogP contribution is 2.16. The molecule has 7 heteroatoms. The lowest BCUT2D eigenvalue weighted by molar-refractivity contribution is 0.0632. The first kappa shape index (κ1) is 17.0. The van der Waals surface area contributed by atoms with Crippen LogP contribution in [0.5, 0.6) is 0 Å². The minimum absolute atomic E-state index is 0.0433. The highest BCUT2D eigenvalue weighted by atomic mass is 16.3. The molecule has 1 saturated heterocycles. The van der Waals surface area contributed by atoms with Crippen LogP contribution in [0.4, 0.5) is 4.79 Å². The number of aromatic nitrogens is 1. The van der Waals surface area contributed by atoms with Gasteiger partial charge in [0.1, 0.15) is 0 Å². The van der Waals surface area contributed by atoms with Crippen LogP contribution >= 0.6 is 0 Å². The summed E-state index contributed by atoms with van der Waals surface area (Å²) in [6.45, 7) is 4.04. The molecule has 3 heterocycles. The van der Waals surface area contributed by atoms with Crippen molar-refractivity contribution in [1.82, 2.24) is 20.1 Å². The molecule has 0 aromatic carbocycles. The van der Waals surface area contributed by atoms with Crippen LogP contribution in [-0.4, -0.2) is 52.9 Å². The zero-order valence-corrected chi connectivity index (χ0v) is 14.2. The minimum atomic E-state index is -0.131. The lowest BCUT2D eigenvalue weighted by Crippen LogP contribution is -2.53. The standard InChI is InChI=1S/C18H22N4O3/c1-2-15(14-5-7-19-8-6-14)20-18(24)22-11-9-21(10-12-22)17(23)16-4-3-13-25-16/h3-8,13,15H,2,9-12H2,1H3,(H,20,24)/t15-/m1/s1. The van der Waals surface area contributed by atoms with Crippen molar-refractivity contribution >= 4 is 11.9 Å². The summed E-state index contributed by atoms with van der Waals surface area (Å²) in [5.41, 5.74) is 1.04. The van der Waals surface area contributed by atoms with Gasteiger partial charge in [0.05, 0.1) is 12.3 Å². The van der Waals surface area contributed by atoms with Crippen LogP contribution < -0.4 is 5.32 Å². The van der Waals surface area contributed by atoms with Crippen molar-refractivity contribution in [2.24, 2.45) is 0 Å². The first-order valence-corrected chi connectivity index (χ1v) is 8.47. The lowest BCUT2D eigenvalue weighted by Gasteiger charge is -2.35. The largest absolute Gasteiger partial charge is 0.459 e. The number of furan rings is 1. The molecule has 0 radical (unpaired) electrons. The van der Waals surface area contributed by atoms with Gasteiger partial charge in [-0.05, 0) is 36.2 Å². The van der Waals surface area contributed by atoms with Gasteiger partial charge in [-0.25, -0.2) is 4.79 Å². The van der Waals surface area contributed by atoms with E-state index in [1.165, 1.54) is 6.26 Å². The van der Waals surface area contributed by atoms with Crippen molar-refractivity contribution in [3.05, 3.63) is 54.2 Å². The number of urea groups is 1. The third kappa shape index (κ3) is 3.99. The molecule has 0 saturated carbocycles. The van der Waals surface area contributed by atoms with Gasteiger partial charge in [0, 0.05) is 38.6 Å². The highest BCUT2D eigenvalue weighted by molar-refractivity contribution is 5.91. The third-order valence-corrected chi connectivity index (χ3v) is 4.40. The van der Waals surface area contributed by atoms with Gasteiger partial charge in [-0.15, -0.1) is 0 Å². The first-order chi connectivity index (χ1) is 12.2. The number of nitrogens with one attached hydrogen (secondary N) is 1. The van der Waals surface area contributed by atoms with Gasteiger partial charge in [0.25, 0.3) is 5.91 Å². The summed E-state index contributed by atoms with van der Waals surface area (Å²) < 4.78 is 5.15. The molecule has 1 fully saturated rings. The van der Waals surface area contributed by atoms with Crippen molar-refractivity contribution < 1.29 is 14.0 Å². The van der Waals surface area contributed by atoms with Crippen molar-refractivity contribution in [2.45, 2.75) is 19.4 Å². The number of nitrogens with zero attached hydrogens (tertiary/aromatic N) is 3. The fourth-order valence-corrected chi connectivity index (χ4v) is 2.93. The summed E-state index contributed by atoms with van der Waals surface area (Å²) in [6.07, 6.45) is 5.74. The molecule has 0 bridgehead atoms. The first-order valence-electron chi connectivity index (χ1n) is 8.47. The molecule has 0 unspecified atom stereocenters. The molecular weight excluding hydrogens is 320 g/mol. The second-order valence-corrected chi connectivity index (χ2v) is 5.95. The maximum atomic E-state index is 12.5. The highest BCUT2D eigenvalue weighted by Gasteiger charge is 2.27. The summed E-state index contributed by atoms with van der Waals surface area (Å²) in [6, 6.07) is 7.03. The number of carbonyl (C=O) groups excluding carboxylic acids is 2. The number of carbonyl (C=O) groups is 2. The predicted octanol–water partition coefficient (Wildman–Crippen LogP) is 2.29. The van der Waals surface area contributed by atoms with Crippen molar-refractivity contribution in [3.8, 4) is 0 Å². The van der Waals surface area contributed by atoms with Crippen molar-refractivity contribution in [3.63, 3.8) is 0 Å². The van der Waals surface area contributed by atoms with Crippen LogP contribution in [0.25, 0.3) is 0 Å². The summed E-state index contributed by atoms with van der Waals surface area (Å²) in [7, 11) is 0. The molecule has 3 rings (SSSR count). The number of rotatable bonds is 4. The molecule has 0 aliphatic carbocycles. The quantitative estimate of drug-likeness (QED) is 0.925. The molecule has 1 N–H and O–H groups in total. The van der Waals surface area contributed by atoms with Crippen LogP contribution in [0.1, 0.15) is 35.5 Å². The van der Waals surface area contributed by atoms with E-state index in [0.717, 1.165) is 12.0 Å². The molecule has 7 nitrogen and oxygen atoms in total. The van der Waals surface area contributed by atoms with Gasteiger partial charge < -0.3 is 19.5 Å². The van der Waals surface area contributed by atoms with Crippen LogP contribution in [0.2, 0.25) is 0 Å². The van der Waals surface area contributed by atoms with Crippen LogP contribution in [-0.2, 0) is 0 Å². The molecule has 1 aliphatic heterocycles. The SMILES string of the molecule is CC[C@@H](NC(=O)N1CCN(C(=O)c2ccco2)CC1)c1ccncc1. The Morgan fingerprint density at radius 1 is 1.16 bits per heavy atom. The molecule has 25 heavy (non-hydrogen) atoms. The number of amides is 3. The number of piperazine rings is 1. The summed E-state index contributed by atoms with van der Waals surface area (Å²) >= 11 is 0. The van der Waals surface area contributed by atoms with Gasteiger partial charge in [0.15, 0.2) is 5.76 Å². The van der Waals surface area contributed by atoms with E-state index in [1.54, 1.807) is 34.3 Å². The van der Waals surface area contributed by atoms with E-state index in [0.29, 0.717) is 31.9 Å². The molecule has 1 aliphatic rings. The molecule has 1 atom stereocenters. The number of hydrogen-bond acceptors (Lipinski definition) is 4. The molecule has 132 valence electrons. The summed E-state index contributed by atoms with van der Waals surface area (Å²) in [5, 5.41) is 3.06. The van der Waals surface area contributed by atoms with Crippen LogP contribution in [0.15, 0.2) is 47.3 Å². The van der Waals surface area contributed by atoms with E-state index in [1.807, 2.05) is 19.1 Å². The molecular formula is C18H22N4O3. The van der Waals surface area contributed by atoms with Crippen LogP contribution in [0.3, 0.4) is 0 Å². The summed E-state index contributed by atoms with van der Waals surface area (Å²) in [5.74, 6) is 0.204. The zero-order chi connectivity index (χ0) is 17.6. The Morgan fingerprint density at radius 2 is 1.84 bits per heavy atom. The molecule has 3 amide bonds. The Hall–Kier alpha value is -2.83. The van der Waals surface area contributed by atoms with Gasteiger partial charge in [-0.2, -0.15) is 0 Å². The summed E-state index contributed by atoms with van der Waals surface area (Å²) in [4.78, 5) is 32.2. The normalized spacial score (nSPS) is 15.7. The van der Waals surface area contributed by atoms with Crippen molar-refractivity contribution in [2.75, 3.05) is 26.2 Å². The topological polar surface area (TPSA) is 78.7 Å². The monoisotopic (exact) mass is 342 g/mol. The van der Waals surface area contributed by atoms with Gasteiger partial charge in [0.2, 0.25) is 0 Å². The second-order valence-electron chi connectivity index (χ2n) is 5.95. The zero-order valence-electron chi connectivity index (χ0n) is 14.2. The second kappa shape index (κ2) is 7.83. The van der Waals surface area contributed by atoms with E-state index in [4.69, 9.17) is 4.42 Å².